The van der Waals surface area contributed by atoms with Crippen LogP contribution in [0.5, 0.6) is 0 Å². The molecule has 0 heterocycles. The van der Waals surface area contributed by atoms with Gasteiger partial charge < -0.3 is 10.1 Å². The Bertz CT molecular complexity index is 334. The zero-order valence-electron chi connectivity index (χ0n) is 13.5. The minimum Gasteiger partial charge on any atom is -0.383 e. The summed E-state index contributed by atoms with van der Waals surface area (Å²) < 4.78 is 33.5. The summed E-state index contributed by atoms with van der Waals surface area (Å²) in [5.74, 6) is 0.185. The number of hydrogen-bond acceptors (Lipinski definition) is 4. The summed E-state index contributed by atoms with van der Waals surface area (Å²) in [5.41, 5.74) is 0. The van der Waals surface area contributed by atoms with E-state index in [4.69, 9.17) is 4.74 Å². The van der Waals surface area contributed by atoms with Crippen molar-refractivity contribution in [2.24, 2.45) is 5.92 Å². The van der Waals surface area contributed by atoms with Crippen LogP contribution in [0.3, 0.4) is 0 Å². The SMILES string of the molecule is CCCNCCCN(C)S(=O)(=O)NC(COC)C(C)C. The van der Waals surface area contributed by atoms with Crippen molar-refractivity contribution in [2.75, 3.05) is 40.4 Å². The van der Waals surface area contributed by atoms with Crippen molar-refractivity contribution in [1.82, 2.24) is 14.3 Å². The van der Waals surface area contributed by atoms with Gasteiger partial charge in [0.25, 0.3) is 10.2 Å². The summed E-state index contributed by atoms with van der Waals surface area (Å²) in [6.45, 7) is 8.74. The molecule has 0 bridgehead atoms. The average Bonchev–Trinajstić information content (AvgIpc) is 2.37. The molecule has 0 aliphatic carbocycles. The average molecular weight is 309 g/mol. The van der Waals surface area contributed by atoms with Crippen molar-refractivity contribution < 1.29 is 13.2 Å². The maximum Gasteiger partial charge on any atom is 0.279 e. The van der Waals surface area contributed by atoms with E-state index >= 15 is 0 Å². The van der Waals surface area contributed by atoms with Gasteiger partial charge in [-0.3, -0.25) is 0 Å². The fraction of sp³-hybridized carbons (Fsp3) is 1.00. The van der Waals surface area contributed by atoms with E-state index < -0.39 is 10.2 Å². The standard InChI is InChI=1S/C13H31N3O3S/c1-6-8-14-9-7-10-16(4)20(17,18)15-13(11-19-5)12(2)3/h12-15H,6-11H2,1-5H3. The third kappa shape index (κ3) is 8.16. The van der Waals surface area contributed by atoms with E-state index in [2.05, 4.69) is 17.0 Å². The van der Waals surface area contributed by atoms with E-state index in [1.54, 1.807) is 14.2 Å². The van der Waals surface area contributed by atoms with Crippen molar-refractivity contribution >= 4 is 10.2 Å². The molecule has 0 spiro atoms. The number of rotatable bonds is 12. The van der Waals surface area contributed by atoms with Crippen LogP contribution in [0.25, 0.3) is 0 Å². The Morgan fingerprint density at radius 1 is 1.25 bits per heavy atom. The largest absolute Gasteiger partial charge is 0.383 e. The topological polar surface area (TPSA) is 70.7 Å². The minimum absolute atomic E-state index is 0.185. The molecule has 0 fully saturated rings. The maximum atomic E-state index is 12.2. The number of methoxy groups -OCH3 is 1. The highest BCUT2D eigenvalue weighted by atomic mass is 32.2. The zero-order valence-corrected chi connectivity index (χ0v) is 14.3. The first-order chi connectivity index (χ1) is 9.35. The van der Waals surface area contributed by atoms with Crippen LogP contribution in [0.2, 0.25) is 0 Å². The Morgan fingerprint density at radius 3 is 2.40 bits per heavy atom. The third-order valence-corrected chi connectivity index (χ3v) is 4.72. The van der Waals surface area contributed by atoms with E-state index in [1.807, 2.05) is 13.8 Å². The second kappa shape index (κ2) is 10.5. The molecule has 20 heavy (non-hydrogen) atoms. The van der Waals surface area contributed by atoms with Crippen molar-refractivity contribution in [2.45, 2.75) is 39.7 Å². The van der Waals surface area contributed by atoms with Gasteiger partial charge in [-0.05, 0) is 31.8 Å². The lowest BCUT2D eigenvalue weighted by molar-refractivity contribution is 0.156. The van der Waals surface area contributed by atoms with Crippen LogP contribution in [-0.4, -0.2) is 59.2 Å². The summed E-state index contributed by atoms with van der Waals surface area (Å²) in [5, 5.41) is 3.26. The van der Waals surface area contributed by atoms with Gasteiger partial charge in [0.15, 0.2) is 0 Å². The summed E-state index contributed by atoms with van der Waals surface area (Å²) >= 11 is 0. The predicted molar refractivity (Wildman–Crippen MR) is 83.0 cm³/mol. The molecule has 0 saturated carbocycles. The van der Waals surface area contributed by atoms with Gasteiger partial charge >= 0.3 is 0 Å². The van der Waals surface area contributed by atoms with Crippen molar-refractivity contribution in [3.8, 4) is 0 Å². The van der Waals surface area contributed by atoms with Crippen LogP contribution in [0.4, 0.5) is 0 Å². The van der Waals surface area contributed by atoms with Crippen LogP contribution >= 0.6 is 0 Å². The van der Waals surface area contributed by atoms with Crippen LogP contribution in [0.15, 0.2) is 0 Å². The molecule has 0 aromatic heterocycles. The monoisotopic (exact) mass is 309 g/mol. The summed E-state index contributed by atoms with van der Waals surface area (Å²) in [6, 6.07) is -0.203. The molecule has 0 radical (unpaired) electrons. The van der Waals surface area contributed by atoms with E-state index in [0.29, 0.717) is 13.2 Å². The highest BCUT2D eigenvalue weighted by Crippen LogP contribution is 2.06. The van der Waals surface area contributed by atoms with Crippen molar-refractivity contribution in [3.63, 3.8) is 0 Å². The fourth-order valence-corrected chi connectivity index (χ4v) is 2.94. The predicted octanol–water partition coefficient (Wildman–Crippen LogP) is 0.813. The molecule has 7 heteroatoms. The van der Waals surface area contributed by atoms with Gasteiger partial charge in [-0.15, -0.1) is 0 Å². The summed E-state index contributed by atoms with van der Waals surface area (Å²) in [7, 11) is -0.264. The number of nitrogens with one attached hydrogen (secondary N) is 2. The minimum atomic E-state index is -3.44. The first-order valence-electron chi connectivity index (χ1n) is 7.28. The Morgan fingerprint density at radius 2 is 1.90 bits per heavy atom. The molecule has 1 unspecified atom stereocenters. The van der Waals surface area contributed by atoms with E-state index in [-0.39, 0.29) is 12.0 Å². The van der Waals surface area contributed by atoms with Gasteiger partial charge in [0, 0.05) is 26.7 Å². The molecule has 0 aromatic rings. The number of ether oxygens (including phenoxy) is 1. The first-order valence-corrected chi connectivity index (χ1v) is 8.72. The molecule has 0 amide bonds. The second-order valence-corrected chi connectivity index (χ2v) is 7.16. The fourth-order valence-electron chi connectivity index (χ4n) is 1.67. The number of nitrogens with zero attached hydrogens (tertiary/aromatic N) is 1. The van der Waals surface area contributed by atoms with Gasteiger partial charge in [-0.2, -0.15) is 17.4 Å². The molecular weight excluding hydrogens is 278 g/mol. The van der Waals surface area contributed by atoms with Gasteiger partial charge in [0.05, 0.1) is 6.61 Å². The van der Waals surface area contributed by atoms with Crippen LogP contribution in [0.1, 0.15) is 33.6 Å². The molecule has 122 valence electrons. The summed E-state index contributed by atoms with van der Waals surface area (Å²) in [6.07, 6.45) is 1.89. The van der Waals surface area contributed by atoms with Gasteiger partial charge in [-0.25, -0.2) is 0 Å². The molecule has 0 aliphatic rings. The Balaban J connectivity index is 4.25. The van der Waals surface area contributed by atoms with Crippen LogP contribution in [0, 0.1) is 5.92 Å². The van der Waals surface area contributed by atoms with Crippen molar-refractivity contribution in [3.05, 3.63) is 0 Å². The molecule has 0 saturated heterocycles. The smallest absolute Gasteiger partial charge is 0.279 e. The second-order valence-electron chi connectivity index (χ2n) is 5.35. The van der Waals surface area contributed by atoms with E-state index in [9.17, 15) is 8.42 Å². The Hall–Kier alpha value is -0.210. The van der Waals surface area contributed by atoms with Crippen molar-refractivity contribution in [1.29, 1.82) is 0 Å². The van der Waals surface area contributed by atoms with E-state index in [1.165, 1.54) is 4.31 Å². The quantitative estimate of drug-likeness (QED) is 0.524. The summed E-state index contributed by atoms with van der Waals surface area (Å²) in [4.78, 5) is 0. The normalized spacial score (nSPS) is 14.2. The lowest BCUT2D eigenvalue weighted by atomic mass is 10.1. The lowest BCUT2D eigenvalue weighted by Crippen LogP contribution is -2.48. The van der Waals surface area contributed by atoms with Gasteiger partial charge in [0.1, 0.15) is 0 Å². The molecule has 1 atom stereocenters. The van der Waals surface area contributed by atoms with Crippen LogP contribution in [-0.2, 0) is 14.9 Å². The van der Waals surface area contributed by atoms with Crippen LogP contribution < -0.4 is 10.0 Å². The molecule has 6 nitrogen and oxygen atoms in total. The molecule has 2 N–H and O–H groups in total. The highest BCUT2D eigenvalue weighted by Gasteiger charge is 2.24. The van der Waals surface area contributed by atoms with Gasteiger partial charge in [0.2, 0.25) is 0 Å². The maximum absolute atomic E-state index is 12.2. The number of hydrogen-bond donors (Lipinski definition) is 2. The molecule has 0 aliphatic heterocycles. The highest BCUT2D eigenvalue weighted by molar-refractivity contribution is 7.87. The lowest BCUT2D eigenvalue weighted by Gasteiger charge is -2.25. The first kappa shape index (κ1) is 19.8. The van der Waals surface area contributed by atoms with E-state index in [0.717, 1.165) is 25.9 Å². The zero-order chi connectivity index (χ0) is 15.6. The van der Waals surface area contributed by atoms with Gasteiger partial charge in [-0.1, -0.05) is 20.8 Å². The Kier molecular flexibility index (Phi) is 10.4. The molecular formula is C13H31N3O3S. The Labute approximate surface area is 124 Å². The third-order valence-electron chi connectivity index (χ3n) is 3.11. The molecule has 0 rings (SSSR count). The molecule has 0 aromatic carbocycles.